The molecule has 1 aromatic carbocycles. The molecule has 0 aliphatic carbocycles. The molecule has 0 saturated carbocycles. The van der Waals surface area contributed by atoms with Crippen molar-refractivity contribution < 1.29 is 18.0 Å². The number of halogens is 1. The molecule has 0 radical (unpaired) electrons. The van der Waals surface area contributed by atoms with Crippen LogP contribution in [0.3, 0.4) is 0 Å². The molecular formula is C16H18ClN3O4S2. The van der Waals surface area contributed by atoms with Crippen LogP contribution in [-0.4, -0.2) is 26.3 Å². The maximum Gasteiger partial charge on any atom is 0.279 e. The van der Waals surface area contributed by atoms with E-state index < -0.39 is 27.9 Å². The molecule has 1 atom stereocenters. The lowest BCUT2D eigenvalue weighted by atomic mass is 10.1. The molecule has 0 bridgehead atoms. The van der Waals surface area contributed by atoms with Crippen LogP contribution in [0, 0.1) is 5.92 Å². The van der Waals surface area contributed by atoms with Gasteiger partial charge in [-0.25, -0.2) is 8.42 Å². The van der Waals surface area contributed by atoms with Crippen molar-refractivity contribution in [1.29, 1.82) is 0 Å². The van der Waals surface area contributed by atoms with E-state index in [0.717, 1.165) is 0 Å². The summed E-state index contributed by atoms with van der Waals surface area (Å²) in [6.45, 7) is 3.37. The number of sulfonamides is 1. The second-order valence-electron chi connectivity index (χ2n) is 5.72. The molecule has 0 aliphatic heterocycles. The standard InChI is InChI=1S/C16H18ClN3O4S2/c1-10(2)14(16(22)19-18-15(21)13-7-4-8-25-13)20-26(23,24)12-6-3-5-11(17)9-12/h3-10,14,20H,1-2H3,(H,18,21)(H,19,22)/t14-/m0/s1. The van der Waals surface area contributed by atoms with Crippen molar-refractivity contribution in [3.63, 3.8) is 0 Å². The summed E-state index contributed by atoms with van der Waals surface area (Å²) in [4.78, 5) is 24.6. The Morgan fingerprint density at radius 2 is 1.85 bits per heavy atom. The molecule has 1 heterocycles. The normalized spacial score (nSPS) is 12.6. The van der Waals surface area contributed by atoms with Crippen LogP contribution in [0.4, 0.5) is 0 Å². The van der Waals surface area contributed by atoms with Crippen molar-refractivity contribution in [3.05, 3.63) is 51.7 Å². The third kappa shape index (κ3) is 5.28. The van der Waals surface area contributed by atoms with Crippen LogP contribution in [-0.2, 0) is 14.8 Å². The zero-order valence-corrected chi connectivity index (χ0v) is 16.4. The van der Waals surface area contributed by atoms with Crippen molar-refractivity contribution in [1.82, 2.24) is 15.6 Å². The van der Waals surface area contributed by atoms with Gasteiger partial charge in [0.15, 0.2) is 0 Å². The molecule has 7 nitrogen and oxygen atoms in total. The highest BCUT2D eigenvalue weighted by Crippen LogP contribution is 2.16. The highest BCUT2D eigenvalue weighted by atomic mass is 35.5. The Morgan fingerprint density at radius 3 is 2.42 bits per heavy atom. The van der Waals surface area contributed by atoms with E-state index in [1.54, 1.807) is 37.4 Å². The predicted octanol–water partition coefficient (Wildman–Crippen LogP) is 2.17. The van der Waals surface area contributed by atoms with E-state index in [0.29, 0.717) is 4.88 Å². The summed E-state index contributed by atoms with van der Waals surface area (Å²) in [6, 6.07) is 7.95. The van der Waals surface area contributed by atoms with Crippen molar-refractivity contribution in [3.8, 4) is 0 Å². The number of carbonyl (C=O) groups excluding carboxylic acids is 2. The number of nitrogens with one attached hydrogen (secondary N) is 3. The number of rotatable bonds is 6. The molecule has 0 saturated heterocycles. The fourth-order valence-corrected chi connectivity index (χ4v) is 4.29. The first-order chi connectivity index (χ1) is 12.2. The average molecular weight is 416 g/mol. The maximum absolute atomic E-state index is 12.5. The fourth-order valence-electron chi connectivity index (χ4n) is 2.03. The van der Waals surface area contributed by atoms with Gasteiger partial charge < -0.3 is 0 Å². The molecule has 10 heteroatoms. The maximum atomic E-state index is 12.5. The first-order valence-corrected chi connectivity index (χ1v) is 10.4. The van der Waals surface area contributed by atoms with Gasteiger partial charge in [0.05, 0.1) is 9.77 Å². The number of hydrogen-bond donors (Lipinski definition) is 3. The molecule has 0 spiro atoms. The molecule has 0 unspecified atom stereocenters. The summed E-state index contributed by atoms with van der Waals surface area (Å²) in [5, 5.41) is 1.99. The second-order valence-corrected chi connectivity index (χ2v) is 8.82. The lowest BCUT2D eigenvalue weighted by Crippen LogP contribution is -2.54. The van der Waals surface area contributed by atoms with E-state index in [9.17, 15) is 18.0 Å². The first-order valence-electron chi connectivity index (χ1n) is 7.62. The summed E-state index contributed by atoms with van der Waals surface area (Å²) in [7, 11) is -3.96. The Morgan fingerprint density at radius 1 is 1.12 bits per heavy atom. The highest BCUT2D eigenvalue weighted by Gasteiger charge is 2.28. The van der Waals surface area contributed by atoms with Gasteiger partial charge in [0.1, 0.15) is 6.04 Å². The van der Waals surface area contributed by atoms with Crippen LogP contribution in [0.2, 0.25) is 5.02 Å². The zero-order chi connectivity index (χ0) is 19.3. The van der Waals surface area contributed by atoms with Crippen LogP contribution in [0.25, 0.3) is 0 Å². The van der Waals surface area contributed by atoms with E-state index in [4.69, 9.17) is 11.6 Å². The molecule has 140 valence electrons. The van der Waals surface area contributed by atoms with Gasteiger partial charge in [0, 0.05) is 5.02 Å². The summed E-state index contributed by atoms with van der Waals surface area (Å²) in [6.07, 6.45) is 0. The van der Waals surface area contributed by atoms with E-state index in [1.165, 1.54) is 29.5 Å². The van der Waals surface area contributed by atoms with Gasteiger partial charge in [-0.1, -0.05) is 37.6 Å². The molecule has 0 aliphatic rings. The quantitative estimate of drug-likeness (QED) is 0.629. The Hall–Kier alpha value is -1.94. The van der Waals surface area contributed by atoms with Crippen LogP contribution in [0.1, 0.15) is 23.5 Å². The van der Waals surface area contributed by atoms with Crippen LogP contribution in [0.15, 0.2) is 46.7 Å². The third-order valence-electron chi connectivity index (χ3n) is 3.38. The monoisotopic (exact) mass is 415 g/mol. The van der Waals surface area contributed by atoms with Gasteiger partial charge in [-0.15, -0.1) is 11.3 Å². The zero-order valence-electron chi connectivity index (χ0n) is 14.0. The van der Waals surface area contributed by atoms with Gasteiger partial charge in [-0.05, 0) is 35.6 Å². The van der Waals surface area contributed by atoms with Crippen molar-refractivity contribution in [2.24, 2.45) is 5.92 Å². The van der Waals surface area contributed by atoms with Crippen LogP contribution in [0.5, 0.6) is 0 Å². The SMILES string of the molecule is CC(C)[C@H](NS(=O)(=O)c1cccc(Cl)c1)C(=O)NNC(=O)c1cccs1. The Kier molecular flexibility index (Phi) is 6.76. The molecule has 26 heavy (non-hydrogen) atoms. The van der Waals surface area contributed by atoms with E-state index >= 15 is 0 Å². The van der Waals surface area contributed by atoms with E-state index in [-0.39, 0.29) is 15.8 Å². The second kappa shape index (κ2) is 8.63. The Labute approximate surface area is 160 Å². The first kappa shape index (κ1) is 20.4. The molecule has 2 amide bonds. The summed E-state index contributed by atoms with van der Waals surface area (Å²) in [5.74, 6) is -1.51. The molecule has 3 N–H and O–H groups in total. The van der Waals surface area contributed by atoms with E-state index in [2.05, 4.69) is 15.6 Å². The lowest BCUT2D eigenvalue weighted by Gasteiger charge is -2.21. The van der Waals surface area contributed by atoms with Crippen LogP contribution < -0.4 is 15.6 Å². The minimum Gasteiger partial charge on any atom is -0.271 e. The van der Waals surface area contributed by atoms with Gasteiger partial charge in [-0.2, -0.15) is 4.72 Å². The predicted molar refractivity (Wildman–Crippen MR) is 100 cm³/mol. The molecule has 2 aromatic rings. The molecule has 1 aromatic heterocycles. The lowest BCUT2D eigenvalue weighted by molar-refractivity contribution is -0.124. The number of amides is 2. The minimum atomic E-state index is -3.96. The largest absolute Gasteiger partial charge is 0.279 e. The summed E-state index contributed by atoms with van der Waals surface area (Å²) < 4.78 is 27.3. The number of thiophene rings is 1. The Bertz CT molecular complexity index is 883. The molecule has 2 rings (SSSR count). The highest BCUT2D eigenvalue weighted by molar-refractivity contribution is 7.89. The van der Waals surface area contributed by atoms with Gasteiger partial charge in [-0.3, -0.25) is 20.4 Å². The number of hydrazine groups is 1. The minimum absolute atomic E-state index is 0.0499. The summed E-state index contributed by atoms with van der Waals surface area (Å²) >= 11 is 7.05. The van der Waals surface area contributed by atoms with Crippen molar-refractivity contribution in [2.75, 3.05) is 0 Å². The molecule has 0 fully saturated rings. The van der Waals surface area contributed by atoms with Crippen molar-refractivity contribution in [2.45, 2.75) is 24.8 Å². The van der Waals surface area contributed by atoms with Crippen LogP contribution >= 0.6 is 22.9 Å². The number of benzene rings is 1. The molecular weight excluding hydrogens is 398 g/mol. The summed E-state index contributed by atoms with van der Waals surface area (Å²) in [5.41, 5.74) is 4.52. The van der Waals surface area contributed by atoms with E-state index in [1.807, 2.05) is 0 Å². The number of hydrogen-bond acceptors (Lipinski definition) is 5. The smallest absolute Gasteiger partial charge is 0.271 e. The topological polar surface area (TPSA) is 104 Å². The van der Waals surface area contributed by atoms with Crippen molar-refractivity contribution >= 4 is 44.8 Å². The number of carbonyl (C=O) groups is 2. The van der Waals surface area contributed by atoms with Gasteiger partial charge >= 0.3 is 0 Å². The Balaban J connectivity index is 2.08. The average Bonchev–Trinajstić information content (AvgIpc) is 3.11. The fraction of sp³-hybridized carbons (Fsp3) is 0.250. The van der Waals surface area contributed by atoms with Gasteiger partial charge in [0.2, 0.25) is 10.0 Å². The third-order valence-corrected chi connectivity index (χ3v) is 5.92. The van der Waals surface area contributed by atoms with Gasteiger partial charge in [0.25, 0.3) is 11.8 Å².